The van der Waals surface area contributed by atoms with Gasteiger partial charge in [-0.1, -0.05) is 62.3 Å². The van der Waals surface area contributed by atoms with Crippen molar-refractivity contribution in [2.24, 2.45) is 0 Å². The maximum Gasteiger partial charge on any atom is 0.155 e. The predicted octanol–water partition coefficient (Wildman–Crippen LogP) is 6.23. The molecule has 0 saturated heterocycles. The molecule has 6 nitrogen and oxygen atoms in total. The normalized spacial score (nSPS) is 13.5. The van der Waals surface area contributed by atoms with Gasteiger partial charge in [0, 0.05) is 34.8 Å². The van der Waals surface area contributed by atoms with Crippen molar-refractivity contribution in [3.63, 3.8) is 0 Å². The van der Waals surface area contributed by atoms with Crippen LogP contribution < -0.4 is 0 Å². The van der Waals surface area contributed by atoms with E-state index in [4.69, 9.17) is 9.97 Å². The molecule has 33 heavy (non-hydrogen) atoms. The van der Waals surface area contributed by atoms with Crippen LogP contribution in [-0.2, 0) is 16.2 Å². The Morgan fingerprint density at radius 1 is 0.848 bits per heavy atom. The summed E-state index contributed by atoms with van der Waals surface area (Å²) in [5.41, 5.74) is 6.42. The highest BCUT2D eigenvalue weighted by atomic mass is 15.3. The lowest BCUT2D eigenvalue weighted by Crippen LogP contribution is -2.29. The molecule has 0 aliphatic carbocycles. The number of fused-ring (bicyclic) bond motifs is 2. The first-order valence-electron chi connectivity index (χ1n) is 12.0. The van der Waals surface area contributed by atoms with Gasteiger partial charge in [0.05, 0.1) is 29.0 Å². The van der Waals surface area contributed by atoms with Gasteiger partial charge in [-0.3, -0.25) is 4.98 Å². The third kappa shape index (κ3) is 4.16. The van der Waals surface area contributed by atoms with Crippen LogP contribution in [0.3, 0.4) is 0 Å². The summed E-state index contributed by atoms with van der Waals surface area (Å²) >= 11 is 0. The van der Waals surface area contributed by atoms with Crippen LogP contribution in [0.25, 0.3) is 11.3 Å². The van der Waals surface area contributed by atoms with Gasteiger partial charge in [0.15, 0.2) is 11.3 Å². The van der Waals surface area contributed by atoms with E-state index in [2.05, 4.69) is 76.8 Å². The minimum absolute atomic E-state index is 0.0285. The van der Waals surface area contributed by atoms with Gasteiger partial charge >= 0.3 is 0 Å². The predicted molar refractivity (Wildman–Crippen MR) is 134 cm³/mol. The molecular weight excluding hydrogens is 408 g/mol. The van der Waals surface area contributed by atoms with E-state index in [1.807, 2.05) is 41.4 Å². The number of imidazole rings is 2. The third-order valence-corrected chi connectivity index (χ3v) is 6.76. The topological polar surface area (TPSA) is 60.4 Å². The van der Waals surface area contributed by atoms with Gasteiger partial charge in [0.2, 0.25) is 0 Å². The molecule has 0 saturated carbocycles. The second kappa shape index (κ2) is 7.93. The summed E-state index contributed by atoms with van der Waals surface area (Å²) in [4.78, 5) is 14.3. The molecule has 6 heteroatoms. The molecule has 4 aromatic rings. The molecular formula is C27H38N6. The van der Waals surface area contributed by atoms with Crippen molar-refractivity contribution in [3.05, 3.63) is 59.7 Å². The second-order valence-electron chi connectivity index (χ2n) is 11.9. The number of nitrogens with zero attached hydrogens (tertiary/aromatic N) is 6. The van der Waals surface area contributed by atoms with Gasteiger partial charge in [0.25, 0.3) is 0 Å². The highest BCUT2D eigenvalue weighted by Crippen LogP contribution is 2.41. The Hall–Kier alpha value is -2.76. The Morgan fingerprint density at radius 2 is 1.55 bits per heavy atom. The zero-order valence-electron chi connectivity index (χ0n) is 21.6. The molecule has 0 radical (unpaired) electrons. The van der Waals surface area contributed by atoms with E-state index in [-0.39, 0.29) is 16.2 Å². The van der Waals surface area contributed by atoms with Crippen molar-refractivity contribution in [2.75, 3.05) is 0 Å². The summed E-state index contributed by atoms with van der Waals surface area (Å²) in [5.74, 6) is 0.340. The van der Waals surface area contributed by atoms with Crippen molar-refractivity contribution in [2.45, 2.75) is 97.3 Å². The Balaban J connectivity index is 1.73. The fourth-order valence-electron chi connectivity index (χ4n) is 4.90. The highest BCUT2D eigenvalue weighted by molar-refractivity contribution is 5.46. The first-order valence-corrected chi connectivity index (χ1v) is 12.0. The van der Waals surface area contributed by atoms with Crippen LogP contribution in [0.5, 0.6) is 0 Å². The van der Waals surface area contributed by atoms with Crippen LogP contribution in [0.4, 0.5) is 0 Å². The summed E-state index contributed by atoms with van der Waals surface area (Å²) in [7, 11) is 0. The molecule has 0 spiro atoms. The van der Waals surface area contributed by atoms with Crippen LogP contribution >= 0.6 is 0 Å². The smallest absolute Gasteiger partial charge is 0.155 e. The molecule has 0 aromatic carbocycles. The fraction of sp³-hybridized carbons (Fsp3) is 0.556. The second-order valence-corrected chi connectivity index (χ2v) is 11.9. The van der Waals surface area contributed by atoms with Gasteiger partial charge < -0.3 is 4.40 Å². The van der Waals surface area contributed by atoms with E-state index in [9.17, 15) is 0 Å². The summed E-state index contributed by atoms with van der Waals surface area (Å²) < 4.78 is 4.25. The molecule has 176 valence electrons. The van der Waals surface area contributed by atoms with E-state index in [0.717, 1.165) is 29.8 Å². The SMILES string of the molecule is CC(C)c1nc2cccnn2c1C(C)(C)CCC(C)(C)c1nc2cnccn2c1C(C)(C)C. The minimum atomic E-state index is -0.0994. The van der Waals surface area contributed by atoms with Crippen molar-refractivity contribution in [1.29, 1.82) is 0 Å². The quantitative estimate of drug-likeness (QED) is 0.352. The van der Waals surface area contributed by atoms with Crippen molar-refractivity contribution >= 4 is 11.3 Å². The maximum absolute atomic E-state index is 5.08. The summed E-state index contributed by atoms with van der Waals surface area (Å²) in [6, 6.07) is 4.00. The largest absolute Gasteiger partial charge is 0.300 e. The van der Waals surface area contributed by atoms with Crippen LogP contribution in [-0.4, -0.2) is 29.0 Å². The van der Waals surface area contributed by atoms with E-state index < -0.39 is 0 Å². The zero-order chi connectivity index (χ0) is 24.2. The standard InChI is InChI=1S/C27H38N6/c1-18(2)21-23(33-19(30-21)11-10-14-29-33)27(8,9)13-12-26(6,7)22-24(25(3,4)5)32-16-15-28-17-20(32)31-22/h10-11,14-18H,12-13H2,1-9H3. The first-order chi connectivity index (χ1) is 15.3. The van der Waals surface area contributed by atoms with Crippen molar-refractivity contribution in [1.82, 2.24) is 29.0 Å². The highest BCUT2D eigenvalue weighted by Gasteiger charge is 2.37. The summed E-state index contributed by atoms with van der Waals surface area (Å²) in [6.45, 7) is 20.5. The molecule has 0 fully saturated rings. The van der Waals surface area contributed by atoms with Crippen LogP contribution in [0.2, 0.25) is 0 Å². The van der Waals surface area contributed by atoms with Crippen LogP contribution in [0.15, 0.2) is 36.9 Å². The Morgan fingerprint density at radius 3 is 2.21 bits per heavy atom. The molecule has 0 N–H and O–H groups in total. The molecule has 0 amide bonds. The average molecular weight is 447 g/mol. The lowest BCUT2D eigenvalue weighted by Gasteiger charge is -2.33. The molecule has 4 aromatic heterocycles. The molecule has 4 heterocycles. The van der Waals surface area contributed by atoms with Gasteiger partial charge in [-0.15, -0.1) is 0 Å². The molecule has 0 aliphatic rings. The Labute approximate surface area is 197 Å². The van der Waals surface area contributed by atoms with Gasteiger partial charge in [-0.05, 0) is 30.9 Å². The zero-order valence-corrected chi connectivity index (χ0v) is 21.6. The first kappa shape index (κ1) is 23.4. The van der Waals surface area contributed by atoms with E-state index in [1.165, 1.54) is 17.1 Å². The van der Waals surface area contributed by atoms with Gasteiger partial charge in [-0.2, -0.15) is 5.10 Å². The number of hydrogen-bond acceptors (Lipinski definition) is 4. The Kier molecular flexibility index (Phi) is 5.62. The number of hydrogen-bond donors (Lipinski definition) is 0. The van der Waals surface area contributed by atoms with Gasteiger partial charge in [0.1, 0.15) is 0 Å². The van der Waals surface area contributed by atoms with Gasteiger partial charge in [-0.25, -0.2) is 14.5 Å². The van der Waals surface area contributed by atoms with E-state index in [0.29, 0.717) is 5.92 Å². The monoisotopic (exact) mass is 446 g/mol. The number of aromatic nitrogens is 6. The fourth-order valence-corrected chi connectivity index (χ4v) is 4.90. The number of rotatable bonds is 6. The van der Waals surface area contributed by atoms with E-state index >= 15 is 0 Å². The molecule has 0 bridgehead atoms. The van der Waals surface area contributed by atoms with Crippen molar-refractivity contribution < 1.29 is 0 Å². The summed E-state index contributed by atoms with van der Waals surface area (Å²) in [5, 5.41) is 4.66. The molecule has 0 atom stereocenters. The molecule has 4 rings (SSSR count). The Bertz CT molecular complexity index is 1280. The van der Waals surface area contributed by atoms with Crippen LogP contribution in [0.1, 0.15) is 104 Å². The average Bonchev–Trinajstić information content (AvgIpc) is 3.32. The molecule has 0 unspecified atom stereocenters. The lowest BCUT2D eigenvalue weighted by molar-refractivity contribution is 0.353. The molecule has 0 aliphatic heterocycles. The van der Waals surface area contributed by atoms with E-state index in [1.54, 1.807) is 0 Å². The third-order valence-electron chi connectivity index (χ3n) is 6.76. The van der Waals surface area contributed by atoms with Crippen molar-refractivity contribution in [3.8, 4) is 0 Å². The van der Waals surface area contributed by atoms with Crippen LogP contribution in [0, 0.1) is 0 Å². The lowest BCUT2D eigenvalue weighted by atomic mass is 9.73. The maximum atomic E-state index is 5.08. The summed E-state index contributed by atoms with van der Waals surface area (Å²) in [6.07, 6.45) is 9.58. The minimum Gasteiger partial charge on any atom is -0.300 e.